The van der Waals surface area contributed by atoms with Crippen LogP contribution in [-0.2, 0) is 4.79 Å². The number of hydrogen-bond acceptors (Lipinski definition) is 3. The molecule has 5 unspecified atom stereocenters. The van der Waals surface area contributed by atoms with Gasteiger partial charge in [-0.05, 0) is 97.6 Å². The molecule has 0 aliphatic heterocycles. The lowest BCUT2D eigenvalue weighted by Crippen LogP contribution is -2.45. The van der Waals surface area contributed by atoms with Crippen molar-refractivity contribution in [2.24, 2.45) is 17.3 Å². The van der Waals surface area contributed by atoms with Gasteiger partial charge < -0.3 is 10.4 Å². The molecule has 1 aromatic carbocycles. The average Bonchev–Trinajstić information content (AvgIpc) is 3.07. The summed E-state index contributed by atoms with van der Waals surface area (Å²) in [7, 11) is 1.73. The Labute approximate surface area is 191 Å². The van der Waals surface area contributed by atoms with Crippen molar-refractivity contribution in [3.63, 3.8) is 0 Å². The van der Waals surface area contributed by atoms with Gasteiger partial charge in [-0.15, -0.1) is 12.3 Å². The van der Waals surface area contributed by atoms with Crippen LogP contribution in [0.1, 0.15) is 70.3 Å². The lowest BCUT2D eigenvalue weighted by atomic mass is 9.53. The Morgan fingerprint density at radius 3 is 2.66 bits per heavy atom. The molecule has 0 spiro atoms. The molecule has 5 atom stereocenters. The van der Waals surface area contributed by atoms with Gasteiger partial charge in [-0.1, -0.05) is 18.6 Å². The fourth-order valence-corrected chi connectivity index (χ4v) is 6.88. The predicted molar refractivity (Wildman–Crippen MR) is 127 cm³/mol. The molecule has 0 bridgehead atoms. The summed E-state index contributed by atoms with van der Waals surface area (Å²) in [6.07, 6.45) is 12.4. The van der Waals surface area contributed by atoms with Crippen LogP contribution in [0.25, 0.3) is 0 Å². The van der Waals surface area contributed by atoms with E-state index in [1.165, 1.54) is 16.7 Å². The highest BCUT2D eigenvalue weighted by Crippen LogP contribution is 2.63. The van der Waals surface area contributed by atoms with Crippen molar-refractivity contribution >= 4 is 11.5 Å². The number of carbonyl (C=O) groups excluding carboxylic acids is 1. The molecule has 5 rings (SSSR count). The molecule has 4 aliphatic rings. The Balaban J connectivity index is 0.000000775. The SMILES string of the molecule is C#CC.CNc1ccc(C2CC3(C)C(O)CCC3C3CCC4=CC(=O)CCC4=C23)cc1F. The van der Waals surface area contributed by atoms with E-state index in [1.54, 1.807) is 20.0 Å². The number of anilines is 1. The third kappa shape index (κ3) is 3.71. The number of halogens is 1. The zero-order chi connectivity index (χ0) is 23.0. The molecule has 2 N–H and O–H groups in total. The molecule has 2 saturated carbocycles. The maximum absolute atomic E-state index is 14.7. The van der Waals surface area contributed by atoms with Crippen molar-refractivity contribution in [1.29, 1.82) is 0 Å². The number of aliphatic hydroxyl groups excluding tert-OH is 1. The van der Waals surface area contributed by atoms with Gasteiger partial charge in [-0.3, -0.25) is 4.79 Å². The van der Waals surface area contributed by atoms with E-state index >= 15 is 0 Å². The van der Waals surface area contributed by atoms with Crippen molar-refractivity contribution in [3.05, 3.63) is 52.4 Å². The van der Waals surface area contributed by atoms with Crippen LogP contribution in [0, 0.1) is 35.4 Å². The molecule has 3 nitrogen and oxygen atoms in total. The third-order valence-electron chi connectivity index (χ3n) is 8.35. The third-order valence-corrected chi connectivity index (χ3v) is 8.35. The van der Waals surface area contributed by atoms with E-state index < -0.39 is 0 Å². The summed E-state index contributed by atoms with van der Waals surface area (Å²) in [6.45, 7) is 3.90. The maximum Gasteiger partial charge on any atom is 0.156 e. The van der Waals surface area contributed by atoms with E-state index in [0.29, 0.717) is 23.9 Å². The van der Waals surface area contributed by atoms with Crippen LogP contribution >= 0.6 is 0 Å². The van der Waals surface area contributed by atoms with Gasteiger partial charge >= 0.3 is 0 Å². The van der Waals surface area contributed by atoms with Crippen molar-refractivity contribution in [1.82, 2.24) is 0 Å². The number of rotatable bonds is 2. The average molecular weight is 436 g/mol. The fourth-order valence-electron chi connectivity index (χ4n) is 6.88. The molecule has 4 aliphatic carbocycles. The first-order chi connectivity index (χ1) is 15.3. The summed E-state index contributed by atoms with van der Waals surface area (Å²) in [5.74, 6) is 3.29. The second-order valence-electron chi connectivity index (χ2n) is 9.96. The van der Waals surface area contributed by atoms with Crippen LogP contribution in [0.15, 0.2) is 41.0 Å². The van der Waals surface area contributed by atoms with Gasteiger partial charge in [0, 0.05) is 19.4 Å². The maximum atomic E-state index is 14.7. The molecule has 0 aromatic heterocycles. The molecule has 2 fully saturated rings. The summed E-state index contributed by atoms with van der Waals surface area (Å²) < 4.78 is 14.7. The zero-order valence-corrected chi connectivity index (χ0v) is 19.4. The van der Waals surface area contributed by atoms with E-state index in [-0.39, 0.29) is 29.0 Å². The van der Waals surface area contributed by atoms with E-state index in [1.807, 2.05) is 18.2 Å². The first-order valence-corrected chi connectivity index (χ1v) is 11.8. The van der Waals surface area contributed by atoms with Crippen LogP contribution in [0.5, 0.6) is 0 Å². The topological polar surface area (TPSA) is 49.3 Å². The lowest BCUT2D eigenvalue weighted by molar-refractivity contribution is -0.114. The predicted octanol–water partition coefficient (Wildman–Crippen LogP) is 5.77. The Morgan fingerprint density at radius 2 is 1.97 bits per heavy atom. The highest BCUT2D eigenvalue weighted by Gasteiger charge is 2.56. The quantitative estimate of drug-likeness (QED) is 0.580. The highest BCUT2D eigenvalue weighted by atomic mass is 19.1. The highest BCUT2D eigenvalue weighted by molar-refractivity contribution is 5.93. The second kappa shape index (κ2) is 8.87. The van der Waals surface area contributed by atoms with E-state index in [9.17, 15) is 14.3 Å². The molecule has 0 amide bonds. The number of ketones is 1. The number of carbonyl (C=O) groups is 1. The fraction of sp³-hybridized carbons (Fsp3) is 0.536. The summed E-state index contributed by atoms with van der Waals surface area (Å²) >= 11 is 0. The monoisotopic (exact) mass is 435 g/mol. The number of hydrogen-bond donors (Lipinski definition) is 2. The number of terminal acetylenes is 1. The van der Waals surface area contributed by atoms with Crippen molar-refractivity contribution < 1.29 is 14.3 Å². The Morgan fingerprint density at radius 1 is 1.22 bits per heavy atom. The summed E-state index contributed by atoms with van der Waals surface area (Å²) in [5, 5.41) is 13.8. The number of allylic oxidation sites excluding steroid dienone is 4. The molecule has 32 heavy (non-hydrogen) atoms. The molecule has 1 aromatic rings. The number of aliphatic hydroxyl groups is 1. The standard InChI is InChI=1S/C25H30FNO2.C3H4/c1-25-13-19(15-4-9-22(27-2)21(26)12-15)24-17-7-5-16(28)11-14(17)3-6-18(24)20(25)8-10-23(25)29;1-3-2/h4,9,11-12,18-20,23,27,29H,3,5-8,10,13H2,1-2H3;1H,2H3. The first-order valence-electron chi connectivity index (χ1n) is 11.8. The van der Waals surface area contributed by atoms with Crippen LogP contribution in [0.4, 0.5) is 10.1 Å². The second-order valence-corrected chi connectivity index (χ2v) is 9.96. The van der Waals surface area contributed by atoms with E-state index in [4.69, 9.17) is 0 Å². The number of benzene rings is 1. The van der Waals surface area contributed by atoms with E-state index in [0.717, 1.165) is 44.1 Å². The molecular weight excluding hydrogens is 401 g/mol. The first kappa shape index (κ1) is 22.8. The zero-order valence-electron chi connectivity index (χ0n) is 19.4. The van der Waals surface area contributed by atoms with Gasteiger partial charge in [0.1, 0.15) is 5.82 Å². The summed E-state index contributed by atoms with van der Waals surface area (Å²) in [4.78, 5) is 12.0. The largest absolute Gasteiger partial charge is 0.393 e. The van der Waals surface area contributed by atoms with Gasteiger partial charge in [0.2, 0.25) is 0 Å². The van der Waals surface area contributed by atoms with Crippen LogP contribution in [-0.4, -0.2) is 24.0 Å². The lowest BCUT2D eigenvalue weighted by Gasteiger charge is -2.52. The van der Waals surface area contributed by atoms with Crippen molar-refractivity contribution in [2.75, 3.05) is 12.4 Å². The van der Waals surface area contributed by atoms with Crippen molar-refractivity contribution in [3.8, 4) is 12.3 Å². The van der Waals surface area contributed by atoms with E-state index in [2.05, 4.69) is 24.6 Å². The van der Waals surface area contributed by atoms with Crippen LogP contribution in [0.3, 0.4) is 0 Å². The van der Waals surface area contributed by atoms with Crippen LogP contribution < -0.4 is 5.32 Å². The summed E-state index contributed by atoms with van der Waals surface area (Å²) in [6, 6.07) is 5.55. The molecular formula is C28H34FNO2. The van der Waals surface area contributed by atoms with Gasteiger partial charge in [0.15, 0.2) is 5.78 Å². The minimum atomic E-state index is -0.284. The van der Waals surface area contributed by atoms with Gasteiger partial charge in [-0.25, -0.2) is 4.39 Å². The molecule has 0 saturated heterocycles. The molecule has 4 heteroatoms. The van der Waals surface area contributed by atoms with Gasteiger partial charge in [-0.2, -0.15) is 0 Å². The Hall–Kier alpha value is -2.38. The number of nitrogens with one attached hydrogen (secondary N) is 1. The van der Waals surface area contributed by atoms with Crippen LogP contribution in [0.2, 0.25) is 0 Å². The van der Waals surface area contributed by atoms with Crippen molar-refractivity contribution in [2.45, 2.75) is 70.8 Å². The molecule has 0 heterocycles. The Bertz CT molecular complexity index is 1020. The minimum absolute atomic E-state index is 0.112. The molecule has 170 valence electrons. The minimum Gasteiger partial charge on any atom is -0.393 e. The normalized spacial score (nSPS) is 33.1. The summed E-state index contributed by atoms with van der Waals surface area (Å²) in [5.41, 5.74) is 5.42. The van der Waals surface area contributed by atoms with Gasteiger partial charge in [0.05, 0.1) is 11.8 Å². The Kier molecular flexibility index (Phi) is 6.32. The number of fused-ring (bicyclic) bond motifs is 4. The van der Waals surface area contributed by atoms with Gasteiger partial charge in [0.25, 0.3) is 0 Å². The molecule has 0 radical (unpaired) electrons. The smallest absolute Gasteiger partial charge is 0.156 e.